The number of nitrogen functional groups attached to an aromatic ring is 1. The van der Waals surface area contributed by atoms with Gasteiger partial charge in [0.25, 0.3) is 0 Å². The molecule has 18 heavy (non-hydrogen) atoms. The average Bonchev–Trinajstić information content (AvgIpc) is 2.29. The van der Waals surface area contributed by atoms with Gasteiger partial charge in [-0.1, -0.05) is 19.4 Å². The molecule has 2 atom stereocenters. The number of benzene rings is 1. The highest BCUT2D eigenvalue weighted by atomic mass is 32.2. The smallest absolute Gasteiger partial charge is 0.233 e. The number of rotatable bonds is 6. The van der Waals surface area contributed by atoms with E-state index >= 15 is 0 Å². The SMILES string of the molecule is CCCC(C)NC(=O)C(C)Sc1cccc(N)c1. The van der Waals surface area contributed by atoms with Gasteiger partial charge < -0.3 is 11.1 Å². The van der Waals surface area contributed by atoms with Gasteiger partial charge in [-0.2, -0.15) is 0 Å². The Morgan fingerprint density at radius 2 is 2.17 bits per heavy atom. The summed E-state index contributed by atoms with van der Waals surface area (Å²) >= 11 is 1.53. The Hall–Kier alpha value is -1.16. The van der Waals surface area contributed by atoms with Crippen LogP contribution in [0.1, 0.15) is 33.6 Å². The quantitative estimate of drug-likeness (QED) is 0.614. The Labute approximate surface area is 114 Å². The second-order valence-corrected chi connectivity index (χ2v) is 5.95. The van der Waals surface area contributed by atoms with Crippen LogP contribution < -0.4 is 11.1 Å². The predicted molar refractivity (Wildman–Crippen MR) is 78.7 cm³/mol. The maximum absolute atomic E-state index is 12.0. The lowest BCUT2D eigenvalue weighted by molar-refractivity contribution is -0.120. The van der Waals surface area contributed by atoms with E-state index in [1.807, 2.05) is 38.1 Å². The fourth-order valence-electron chi connectivity index (χ4n) is 1.71. The van der Waals surface area contributed by atoms with Crippen LogP contribution in [0.2, 0.25) is 0 Å². The van der Waals surface area contributed by atoms with E-state index in [0.29, 0.717) is 0 Å². The minimum absolute atomic E-state index is 0.0865. The van der Waals surface area contributed by atoms with Crippen LogP contribution in [-0.2, 0) is 4.79 Å². The highest BCUT2D eigenvalue weighted by molar-refractivity contribution is 8.00. The molecular formula is C14H22N2OS. The van der Waals surface area contributed by atoms with Crippen molar-refractivity contribution in [1.29, 1.82) is 0 Å². The molecular weight excluding hydrogens is 244 g/mol. The van der Waals surface area contributed by atoms with Crippen molar-refractivity contribution in [1.82, 2.24) is 5.32 Å². The average molecular weight is 266 g/mol. The first kappa shape index (κ1) is 14.9. The van der Waals surface area contributed by atoms with Crippen LogP contribution in [0.25, 0.3) is 0 Å². The van der Waals surface area contributed by atoms with Gasteiger partial charge in [0.2, 0.25) is 5.91 Å². The number of thioether (sulfide) groups is 1. The van der Waals surface area contributed by atoms with Gasteiger partial charge in [-0.05, 0) is 38.5 Å². The first-order chi connectivity index (χ1) is 8.52. The number of amides is 1. The van der Waals surface area contributed by atoms with E-state index in [0.717, 1.165) is 23.4 Å². The Morgan fingerprint density at radius 3 is 2.78 bits per heavy atom. The molecule has 0 aliphatic heterocycles. The summed E-state index contributed by atoms with van der Waals surface area (Å²) in [5.41, 5.74) is 6.45. The van der Waals surface area contributed by atoms with Crippen LogP contribution in [0.4, 0.5) is 5.69 Å². The minimum atomic E-state index is -0.105. The van der Waals surface area contributed by atoms with Gasteiger partial charge in [0.15, 0.2) is 0 Å². The van der Waals surface area contributed by atoms with Crippen LogP contribution in [0.3, 0.4) is 0 Å². The molecule has 2 unspecified atom stereocenters. The zero-order valence-electron chi connectivity index (χ0n) is 11.3. The summed E-state index contributed by atoms with van der Waals surface area (Å²) in [6.07, 6.45) is 2.10. The lowest BCUT2D eigenvalue weighted by atomic mass is 10.2. The van der Waals surface area contributed by atoms with E-state index in [1.165, 1.54) is 11.8 Å². The van der Waals surface area contributed by atoms with Crippen LogP contribution >= 0.6 is 11.8 Å². The number of carbonyl (C=O) groups excluding carboxylic acids is 1. The standard InChI is InChI=1S/C14H22N2OS/c1-4-6-10(2)16-14(17)11(3)18-13-8-5-7-12(15)9-13/h5,7-11H,4,6,15H2,1-3H3,(H,16,17). The summed E-state index contributed by atoms with van der Waals surface area (Å²) in [6.45, 7) is 6.08. The second-order valence-electron chi connectivity index (χ2n) is 4.53. The maximum Gasteiger partial charge on any atom is 0.233 e. The summed E-state index contributed by atoms with van der Waals surface area (Å²) in [5.74, 6) is 0.0865. The van der Waals surface area contributed by atoms with E-state index < -0.39 is 0 Å². The van der Waals surface area contributed by atoms with Crippen LogP contribution in [0, 0.1) is 0 Å². The largest absolute Gasteiger partial charge is 0.399 e. The van der Waals surface area contributed by atoms with Crippen molar-refractivity contribution >= 4 is 23.4 Å². The van der Waals surface area contributed by atoms with Crippen molar-refractivity contribution in [3.05, 3.63) is 24.3 Å². The first-order valence-corrected chi connectivity index (χ1v) is 7.23. The first-order valence-electron chi connectivity index (χ1n) is 6.35. The lowest BCUT2D eigenvalue weighted by Gasteiger charge is -2.16. The number of carbonyl (C=O) groups is 1. The molecule has 0 saturated heterocycles. The fraction of sp³-hybridized carbons (Fsp3) is 0.500. The number of nitrogens with two attached hydrogens (primary N) is 1. The third kappa shape index (κ3) is 5.00. The second kappa shape index (κ2) is 7.31. The molecule has 0 aliphatic rings. The van der Waals surface area contributed by atoms with Crippen molar-refractivity contribution < 1.29 is 4.79 Å². The summed E-state index contributed by atoms with van der Waals surface area (Å²) in [7, 11) is 0. The van der Waals surface area contributed by atoms with Crippen LogP contribution in [0.5, 0.6) is 0 Å². The zero-order valence-corrected chi connectivity index (χ0v) is 12.1. The van der Waals surface area contributed by atoms with E-state index in [-0.39, 0.29) is 17.2 Å². The summed E-state index contributed by atoms with van der Waals surface area (Å²) in [6, 6.07) is 7.86. The molecule has 100 valence electrons. The van der Waals surface area contributed by atoms with E-state index in [4.69, 9.17) is 5.73 Å². The van der Waals surface area contributed by atoms with Gasteiger partial charge in [-0.3, -0.25) is 4.79 Å². The zero-order chi connectivity index (χ0) is 13.5. The Kier molecular flexibility index (Phi) is 6.05. The monoisotopic (exact) mass is 266 g/mol. The maximum atomic E-state index is 12.0. The number of anilines is 1. The van der Waals surface area contributed by atoms with Crippen molar-refractivity contribution in [2.24, 2.45) is 0 Å². The van der Waals surface area contributed by atoms with E-state index in [9.17, 15) is 4.79 Å². The number of nitrogens with one attached hydrogen (secondary N) is 1. The van der Waals surface area contributed by atoms with Gasteiger partial charge in [-0.25, -0.2) is 0 Å². The van der Waals surface area contributed by atoms with Gasteiger partial charge >= 0.3 is 0 Å². The van der Waals surface area contributed by atoms with Gasteiger partial charge in [0.1, 0.15) is 0 Å². The molecule has 0 fully saturated rings. The fourth-order valence-corrected chi connectivity index (χ4v) is 2.66. The van der Waals surface area contributed by atoms with Crippen molar-refractivity contribution in [3.8, 4) is 0 Å². The van der Waals surface area contributed by atoms with Crippen molar-refractivity contribution in [3.63, 3.8) is 0 Å². The third-order valence-corrected chi connectivity index (χ3v) is 3.74. The van der Waals surface area contributed by atoms with E-state index in [2.05, 4.69) is 12.2 Å². The summed E-state index contributed by atoms with van der Waals surface area (Å²) in [4.78, 5) is 13.0. The molecule has 1 amide bonds. The molecule has 1 aromatic carbocycles. The molecule has 1 aromatic rings. The highest BCUT2D eigenvalue weighted by Crippen LogP contribution is 2.24. The number of hydrogen-bond donors (Lipinski definition) is 2. The van der Waals surface area contributed by atoms with Crippen molar-refractivity contribution in [2.75, 3.05) is 5.73 Å². The predicted octanol–water partition coefficient (Wildman–Crippen LogP) is 3.05. The Balaban J connectivity index is 2.49. The Bertz CT molecular complexity index is 395. The van der Waals surface area contributed by atoms with E-state index in [1.54, 1.807) is 0 Å². The molecule has 4 heteroatoms. The third-order valence-electron chi connectivity index (χ3n) is 2.65. The van der Waals surface area contributed by atoms with Crippen molar-refractivity contribution in [2.45, 2.75) is 49.8 Å². The molecule has 3 N–H and O–H groups in total. The Morgan fingerprint density at radius 1 is 1.44 bits per heavy atom. The van der Waals surface area contributed by atoms with Gasteiger partial charge in [0, 0.05) is 16.6 Å². The molecule has 1 rings (SSSR count). The topological polar surface area (TPSA) is 55.1 Å². The molecule has 0 heterocycles. The number of hydrogen-bond acceptors (Lipinski definition) is 3. The molecule has 0 spiro atoms. The molecule has 3 nitrogen and oxygen atoms in total. The summed E-state index contributed by atoms with van der Waals surface area (Å²) in [5, 5.41) is 2.92. The normalized spacial score (nSPS) is 13.9. The molecule has 0 saturated carbocycles. The van der Waals surface area contributed by atoms with Gasteiger partial charge in [0.05, 0.1) is 5.25 Å². The van der Waals surface area contributed by atoms with Gasteiger partial charge in [-0.15, -0.1) is 11.8 Å². The highest BCUT2D eigenvalue weighted by Gasteiger charge is 2.16. The molecule has 0 bridgehead atoms. The molecule has 0 aromatic heterocycles. The summed E-state index contributed by atoms with van der Waals surface area (Å²) < 4.78 is 0. The lowest BCUT2D eigenvalue weighted by Crippen LogP contribution is -2.37. The minimum Gasteiger partial charge on any atom is -0.399 e. The van der Waals surface area contributed by atoms with Crippen LogP contribution in [0.15, 0.2) is 29.2 Å². The van der Waals surface area contributed by atoms with Crippen LogP contribution in [-0.4, -0.2) is 17.2 Å². The molecule has 0 aliphatic carbocycles. The molecule has 0 radical (unpaired) electrons.